The predicted octanol–water partition coefficient (Wildman–Crippen LogP) is 3.17. The molecule has 1 aliphatic rings. The minimum absolute atomic E-state index is 0.210. The van der Waals surface area contributed by atoms with Gasteiger partial charge in [0.2, 0.25) is 5.88 Å². The van der Waals surface area contributed by atoms with E-state index in [1.54, 1.807) is 0 Å². The molecule has 5 heteroatoms. The molecule has 0 radical (unpaired) electrons. The van der Waals surface area contributed by atoms with E-state index >= 15 is 0 Å². The van der Waals surface area contributed by atoms with E-state index < -0.39 is 0 Å². The number of hydrogen-bond donors (Lipinski definition) is 2. The average molecular weight is 284 g/mol. The van der Waals surface area contributed by atoms with E-state index in [2.05, 4.69) is 41.4 Å². The molecule has 3 rings (SSSR count). The van der Waals surface area contributed by atoms with Crippen molar-refractivity contribution in [2.75, 3.05) is 5.43 Å². The summed E-state index contributed by atoms with van der Waals surface area (Å²) in [5.74, 6) is 7.73. The molecule has 110 valence electrons. The van der Waals surface area contributed by atoms with Crippen LogP contribution in [0.25, 0.3) is 0 Å². The summed E-state index contributed by atoms with van der Waals surface area (Å²) in [6, 6.07) is 6.27. The Kier molecular flexibility index (Phi) is 3.75. The third kappa shape index (κ3) is 2.69. The van der Waals surface area contributed by atoms with Crippen LogP contribution in [0.1, 0.15) is 42.9 Å². The van der Waals surface area contributed by atoms with Crippen molar-refractivity contribution >= 4 is 5.82 Å². The van der Waals surface area contributed by atoms with Gasteiger partial charge in [0, 0.05) is 0 Å². The molecule has 21 heavy (non-hydrogen) atoms. The average Bonchev–Trinajstić information content (AvgIpc) is 2.94. The lowest BCUT2D eigenvalue weighted by molar-refractivity contribution is 0.451. The monoisotopic (exact) mass is 284 g/mol. The summed E-state index contributed by atoms with van der Waals surface area (Å²) < 4.78 is 5.99. The molecule has 1 aromatic carbocycles. The molecule has 0 fully saturated rings. The fourth-order valence-electron chi connectivity index (χ4n) is 2.82. The van der Waals surface area contributed by atoms with Crippen molar-refractivity contribution in [3.63, 3.8) is 0 Å². The third-order valence-corrected chi connectivity index (χ3v) is 3.85. The molecule has 0 saturated carbocycles. The Labute approximate surface area is 124 Å². The number of fused-ring (bicyclic) bond motifs is 1. The van der Waals surface area contributed by atoms with Crippen molar-refractivity contribution in [1.29, 1.82) is 0 Å². The van der Waals surface area contributed by atoms with E-state index in [1.807, 2.05) is 6.07 Å². The number of aromatic nitrogens is 2. The molecule has 0 atom stereocenters. The van der Waals surface area contributed by atoms with Crippen molar-refractivity contribution < 1.29 is 4.74 Å². The summed E-state index contributed by atoms with van der Waals surface area (Å²) in [6.07, 6.45) is 4.99. The van der Waals surface area contributed by atoms with Crippen molar-refractivity contribution in [3.05, 3.63) is 41.2 Å². The molecule has 2 aromatic rings. The molecular formula is C16H20N4O. The van der Waals surface area contributed by atoms with Gasteiger partial charge in [0.1, 0.15) is 12.1 Å². The molecule has 1 heterocycles. The maximum absolute atomic E-state index is 5.99. The van der Waals surface area contributed by atoms with Gasteiger partial charge in [-0.25, -0.2) is 15.8 Å². The smallest absolute Gasteiger partial charge is 0.227 e. The summed E-state index contributed by atoms with van der Waals surface area (Å²) in [5.41, 5.74) is 6.31. The summed E-state index contributed by atoms with van der Waals surface area (Å²) in [6.45, 7) is 4.13. The SMILES string of the molecule is CC(C)c1c(NN)ncnc1Oc1ccc2c(c1)CCC2. The molecule has 0 spiro atoms. The van der Waals surface area contributed by atoms with E-state index in [9.17, 15) is 0 Å². The lowest BCUT2D eigenvalue weighted by Crippen LogP contribution is -2.13. The Bertz CT molecular complexity index is 655. The van der Waals surface area contributed by atoms with E-state index in [1.165, 1.54) is 30.3 Å². The van der Waals surface area contributed by atoms with Crippen LogP contribution in [0, 0.1) is 0 Å². The number of anilines is 1. The normalized spacial score (nSPS) is 13.3. The predicted molar refractivity (Wildman–Crippen MR) is 82.5 cm³/mol. The Hall–Kier alpha value is -2.14. The van der Waals surface area contributed by atoms with Crippen LogP contribution in [-0.4, -0.2) is 9.97 Å². The number of nitrogens with one attached hydrogen (secondary N) is 1. The molecule has 1 aromatic heterocycles. The van der Waals surface area contributed by atoms with Gasteiger partial charge in [0.05, 0.1) is 5.56 Å². The number of hydrogen-bond acceptors (Lipinski definition) is 5. The Morgan fingerprint density at radius 3 is 2.76 bits per heavy atom. The van der Waals surface area contributed by atoms with Gasteiger partial charge in [-0.05, 0) is 48.4 Å². The number of nitrogen functional groups attached to an aromatic ring is 1. The molecule has 5 nitrogen and oxygen atoms in total. The zero-order valence-corrected chi connectivity index (χ0v) is 12.4. The van der Waals surface area contributed by atoms with Gasteiger partial charge < -0.3 is 10.2 Å². The fourth-order valence-corrected chi connectivity index (χ4v) is 2.82. The fraction of sp³-hybridized carbons (Fsp3) is 0.375. The number of benzene rings is 1. The molecule has 3 N–H and O–H groups in total. The van der Waals surface area contributed by atoms with Crippen LogP contribution in [0.2, 0.25) is 0 Å². The van der Waals surface area contributed by atoms with Crippen LogP contribution in [0.15, 0.2) is 24.5 Å². The third-order valence-electron chi connectivity index (χ3n) is 3.85. The van der Waals surface area contributed by atoms with Crippen LogP contribution >= 0.6 is 0 Å². The second-order valence-electron chi connectivity index (χ2n) is 5.63. The molecule has 0 saturated heterocycles. The number of aryl methyl sites for hydroxylation is 2. The Morgan fingerprint density at radius 1 is 1.19 bits per heavy atom. The second-order valence-corrected chi connectivity index (χ2v) is 5.63. The molecule has 0 aliphatic heterocycles. The first-order chi connectivity index (χ1) is 10.2. The highest BCUT2D eigenvalue weighted by Crippen LogP contribution is 2.34. The van der Waals surface area contributed by atoms with Crippen LogP contribution in [-0.2, 0) is 12.8 Å². The highest BCUT2D eigenvalue weighted by Gasteiger charge is 2.17. The van der Waals surface area contributed by atoms with Crippen LogP contribution < -0.4 is 16.0 Å². The maximum atomic E-state index is 5.99. The van der Waals surface area contributed by atoms with Crippen LogP contribution in [0.5, 0.6) is 11.6 Å². The zero-order chi connectivity index (χ0) is 14.8. The highest BCUT2D eigenvalue weighted by atomic mass is 16.5. The van der Waals surface area contributed by atoms with Crippen molar-refractivity contribution in [2.45, 2.75) is 39.0 Å². The van der Waals surface area contributed by atoms with Crippen molar-refractivity contribution in [3.8, 4) is 11.6 Å². The van der Waals surface area contributed by atoms with E-state index in [4.69, 9.17) is 10.6 Å². The van der Waals surface area contributed by atoms with Gasteiger partial charge in [-0.1, -0.05) is 19.9 Å². The largest absolute Gasteiger partial charge is 0.439 e. The van der Waals surface area contributed by atoms with Gasteiger partial charge >= 0.3 is 0 Å². The molecule has 0 amide bonds. The molecule has 0 bridgehead atoms. The first-order valence-electron chi connectivity index (χ1n) is 7.30. The highest BCUT2D eigenvalue weighted by molar-refractivity contribution is 5.51. The number of rotatable bonds is 4. The van der Waals surface area contributed by atoms with Gasteiger partial charge in [-0.3, -0.25) is 0 Å². The summed E-state index contributed by atoms with van der Waals surface area (Å²) in [5, 5.41) is 0. The van der Waals surface area contributed by atoms with Crippen molar-refractivity contribution in [2.24, 2.45) is 5.84 Å². The summed E-state index contributed by atoms with van der Waals surface area (Å²) in [4.78, 5) is 8.42. The first kappa shape index (κ1) is 13.8. The summed E-state index contributed by atoms with van der Waals surface area (Å²) >= 11 is 0. The van der Waals surface area contributed by atoms with E-state index in [0.717, 1.165) is 17.7 Å². The first-order valence-corrected chi connectivity index (χ1v) is 7.30. The van der Waals surface area contributed by atoms with Crippen molar-refractivity contribution in [1.82, 2.24) is 9.97 Å². The number of ether oxygens (including phenoxy) is 1. The lowest BCUT2D eigenvalue weighted by Gasteiger charge is -2.15. The zero-order valence-electron chi connectivity index (χ0n) is 12.4. The maximum Gasteiger partial charge on any atom is 0.227 e. The summed E-state index contributed by atoms with van der Waals surface area (Å²) in [7, 11) is 0. The van der Waals surface area contributed by atoms with E-state index in [-0.39, 0.29) is 5.92 Å². The van der Waals surface area contributed by atoms with E-state index in [0.29, 0.717) is 11.7 Å². The topological polar surface area (TPSA) is 73.1 Å². The minimum Gasteiger partial charge on any atom is -0.439 e. The second kappa shape index (κ2) is 5.69. The minimum atomic E-state index is 0.210. The quantitative estimate of drug-likeness (QED) is 0.666. The number of nitrogens with zero attached hydrogens (tertiary/aromatic N) is 2. The lowest BCUT2D eigenvalue weighted by atomic mass is 10.1. The Morgan fingerprint density at radius 2 is 2.00 bits per heavy atom. The Balaban J connectivity index is 1.94. The standard InChI is InChI=1S/C16H20N4O/c1-10(2)14-15(20-17)18-9-19-16(14)21-13-7-6-11-4-3-5-12(11)8-13/h6-10H,3-5,17H2,1-2H3,(H,18,19,20). The molecular weight excluding hydrogens is 264 g/mol. The van der Waals surface area contributed by atoms with Gasteiger partial charge in [0.15, 0.2) is 5.82 Å². The van der Waals surface area contributed by atoms with Gasteiger partial charge in [-0.2, -0.15) is 0 Å². The van der Waals surface area contributed by atoms with Crippen LogP contribution in [0.3, 0.4) is 0 Å². The van der Waals surface area contributed by atoms with Gasteiger partial charge in [-0.15, -0.1) is 0 Å². The van der Waals surface area contributed by atoms with Crippen LogP contribution in [0.4, 0.5) is 5.82 Å². The number of hydrazine groups is 1. The molecule has 0 unspecified atom stereocenters. The number of nitrogens with two attached hydrogens (primary N) is 1. The van der Waals surface area contributed by atoms with Gasteiger partial charge in [0.25, 0.3) is 0 Å². The molecule has 1 aliphatic carbocycles.